The van der Waals surface area contributed by atoms with Gasteiger partial charge in [0.25, 0.3) is 0 Å². The van der Waals surface area contributed by atoms with Crippen LogP contribution in [0.5, 0.6) is 5.75 Å². The molecule has 2 amide bonds. The van der Waals surface area contributed by atoms with Crippen molar-refractivity contribution in [3.8, 4) is 17.2 Å². The maximum atomic E-state index is 12.9. The number of aromatic nitrogens is 3. The lowest BCUT2D eigenvalue weighted by atomic mass is 10.1. The fraction of sp³-hybridized carbons (Fsp3) is 0.286. The second-order valence-electron chi connectivity index (χ2n) is 7.07. The first-order valence-corrected chi connectivity index (χ1v) is 9.49. The largest absolute Gasteiger partial charge is 0.495 e. The number of rotatable bonds is 6. The number of likely N-dealkylation sites (tertiary alicyclic amines) is 1. The molecular weight excluding hydrogens is 386 g/mol. The number of hydrogen-bond acceptors (Lipinski definition) is 7. The van der Waals surface area contributed by atoms with Crippen molar-refractivity contribution in [1.82, 2.24) is 20.1 Å². The quantitative estimate of drug-likeness (QED) is 0.668. The second-order valence-corrected chi connectivity index (χ2v) is 7.07. The lowest BCUT2D eigenvalue weighted by Gasteiger charge is -2.17. The number of anilines is 1. The minimum absolute atomic E-state index is 0.0546. The maximum Gasteiger partial charge on any atom is 0.247 e. The third-order valence-electron chi connectivity index (χ3n) is 4.91. The maximum absolute atomic E-state index is 12.9. The van der Waals surface area contributed by atoms with Gasteiger partial charge < -0.3 is 19.4 Å². The van der Waals surface area contributed by atoms with Crippen molar-refractivity contribution in [2.24, 2.45) is 5.92 Å². The van der Waals surface area contributed by atoms with Crippen LogP contribution in [0.2, 0.25) is 0 Å². The van der Waals surface area contributed by atoms with E-state index in [4.69, 9.17) is 9.15 Å². The number of hydrogen-bond donors (Lipinski definition) is 1. The van der Waals surface area contributed by atoms with Crippen molar-refractivity contribution in [3.05, 3.63) is 54.2 Å². The van der Waals surface area contributed by atoms with E-state index in [0.717, 1.165) is 5.56 Å². The van der Waals surface area contributed by atoms with Crippen LogP contribution in [0.25, 0.3) is 11.5 Å². The minimum atomic E-state index is -0.451. The number of benzene rings is 1. The summed E-state index contributed by atoms with van der Waals surface area (Å²) >= 11 is 0. The van der Waals surface area contributed by atoms with Crippen molar-refractivity contribution in [1.29, 1.82) is 0 Å². The third kappa shape index (κ3) is 4.14. The highest BCUT2D eigenvalue weighted by molar-refractivity contribution is 5.98. The van der Waals surface area contributed by atoms with E-state index in [-0.39, 0.29) is 18.2 Å². The Hall–Kier alpha value is -3.75. The molecule has 1 aliphatic heterocycles. The molecular formula is C21H21N5O4. The van der Waals surface area contributed by atoms with Crippen LogP contribution < -0.4 is 10.1 Å². The van der Waals surface area contributed by atoms with E-state index in [0.29, 0.717) is 41.9 Å². The van der Waals surface area contributed by atoms with Crippen molar-refractivity contribution < 1.29 is 18.7 Å². The number of pyridine rings is 1. The number of carbonyl (C=O) groups is 2. The summed E-state index contributed by atoms with van der Waals surface area (Å²) in [6, 6.07) is 8.94. The Morgan fingerprint density at radius 1 is 1.33 bits per heavy atom. The molecule has 0 aliphatic carbocycles. The molecule has 9 heteroatoms. The van der Waals surface area contributed by atoms with Gasteiger partial charge in [-0.05, 0) is 29.8 Å². The van der Waals surface area contributed by atoms with Gasteiger partial charge >= 0.3 is 0 Å². The van der Waals surface area contributed by atoms with Gasteiger partial charge in [0, 0.05) is 44.4 Å². The molecule has 9 nitrogen and oxygen atoms in total. The topological polar surface area (TPSA) is 110 Å². The summed E-state index contributed by atoms with van der Waals surface area (Å²) in [5, 5.41) is 10.7. The summed E-state index contributed by atoms with van der Waals surface area (Å²) in [6.07, 6.45) is 3.57. The number of nitrogens with one attached hydrogen (secondary N) is 1. The number of carbonyl (C=O) groups excluding carboxylic acids is 2. The highest BCUT2D eigenvalue weighted by Gasteiger charge is 2.34. The van der Waals surface area contributed by atoms with E-state index in [9.17, 15) is 9.59 Å². The summed E-state index contributed by atoms with van der Waals surface area (Å²) in [4.78, 5) is 31.0. The Kier molecular flexibility index (Phi) is 5.42. The predicted octanol–water partition coefficient (Wildman–Crippen LogP) is 2.44. The molecule has 2 aromatic heterocycles. The average molecular weight is 407 g/mol. The SMILES string of the molecule is COc1ccc(-c2nnc(C)o2)cc1NC(=O)C1CC(=O)N(Cc2cccnc2)C1. The third-order valence-corrected chi connectivity index (χ3v) is 4.91. The van der Waals surface area contributed by atoms with Gasteiger partial charge in [-0.2, -0.15) is 0 Å². The van der Waals surface area contributed by atoms with Crippen LogP contribution in [0, 0.1) is 12.8 Å². The fourth-order valence-electron chi connectivity index (χ4n) is 3.40. The summed E-state index contributed by atoms with van der Waals surface area (Å²) < 4.78 is 10.8. The molecule has 154 valence electrons. The van der Waals surface area contributed by atoms with Crippen LogP contribution in [0.15, 0.2) is 47.1 Å². The van der Waals surface area contributed by atoms with Crippen LogP contribution >= 0.6 is 0 Å². The summed E-state index contributed by atoms with van der Waals surface area (Å²) in [7, 11) is 1.52. The summed E-state index contributed by atoms with van der Waals surface area (Å²) in [5.41, 5.74) is 2.07. The molecule has 1 fully saturated rings. The molecule has 0 spiro atoms. The number of ether oxygens (including phenoxy) is 1. The van der Waals surface area contributed by atoms with E-state index in [2.05, 4.69) is 20.5 Å². The van der Waals surface area contributed by atoms with E-state index in [1.54, 1.807) is 42.4 Å². The lowest BCUT2D eigenvalue weighted by Crippen LogP contribution is -2.28. The van der Waals surface area contributed by atoms with Gasteiger partial charge in [0.1, 0.15) is 5.75 Å². The van der Waals surface area contributed by atoms with Gasteiger partial charge in [0.2, 0.25) is 23.6 Å². The standard InChI is InChI=1S/C21H21N5O4/c1-13-24-25-21(30-13)15-5-6-18(29-2)17(8-15)23-20(28)16-9-19(27)26(12-16)11-14-4-3-7-22-10-14/h3-8,10,16H,9,11-12H2,1-2H3,(H,23,28). The Morgan fingerprint density at radius 2 is 2.20 bits per heavy atom. The molecule has 0 radical (unpaired) electrons. The minimum Gasteiger partial charge on any atom is -0.495 e. The van der Waals surface area contributed by atoms with Crippen molar-refractivity contribution in [3.63, 3.8) is 0 Å². The van der Waals surface area contributed by atoms with Crippen molar-refractivity contribution >= 4 is 17.5 Å². The smallest absolute Gasteiger partial charge is 0.247 e. The zero-order valence-electron chi connectivity index (χ0n) is 16.7. The molecule has 1 N–H and O–H groups in total. The van der Waals surface area contributed by atoms with Gasteiger partial charge in [0.15, 0.2) is 0 Å². The van der Waals surface area contributed by atoms with Crippen LogP contribution in [0.1, 0.15) is 17.9 Å². The van der Waals surface area contributed by atoms with Crippen LogP contribution in [0.4, 0.5) is 5.69 Å². The van der Waals surface area contributed by atoms with E-state index in [1.807, 2.05) is 12.1 Å². The van der Waals surface area contributed by atoms with Gasteiger partial charge in [-0.1, -0.05) is 6.07 Å². The summed E-state index contributed by atoms with van der Waals surface area (Å²) in [6.45, 7) is 2.49. The summed E-state index contributed by atoms with van der Waals surface area (Å²) in [5.74, 6) is 0.553. The Bertz CT molecular complexity index is 1070. The molecule has 0 bridgehead atoms. The molecule has 1 atom stereocenters. The Balaban J connectivity index is 1.47. The molecule has 1 aromatic carbocycles. The highest BCUT2D eigenvalue weighted by atomic mass is 16.5. The average Bonchev–Trinajstić information content (AvgIpc) is 3.34. The molecule has 3 heterocycles. The van der Waals surface area contributed by atoms with Crippen LogP contribution in [-0.4, -0.2) is 45.6 Å². The van der Waals surface area contributed by atoms with Gasteiger partial charge in [-0.15, -0.1) is 10.2 Å². The number of aryl methyl sites for hydroxylation is 1. The monoisotopic (exact) mass is 407 g/mol. The first-order valence-electron chi connectivity index (χ1n) is 9.49. The molecule has 1 unspecified atom stereocenters. The zero-order valence-corrected chi connectivity index (χ0v) is 16.7. The van der Waals surface area contributed by atoms with Gasteiger partial charge in [0.05, 0.1) is 18.7 Å². The number of amides is 2. The highest BCUT2D eigenvalue weighted by Crippen LogP contribution is 2.31. The van der Waals surface area contributed by atoms with Crippen LogP contribution in [0.3, 0.4) is 0 Å². The molecule has 4 rings (SSSR count). The Morgan fingerprint density at radius 3 is 2.90 bits per heavy atom. The van der Waals surface area contributed by atoms with Crippen molar-refractivity contribution in [2.75, 3.05) is 19.0 Å². The normalized spacial score (nSPS) is 16.0. The number of nitrogens with zero attached hydrogens (tertiary/aromatic N) is 4. The Labute approximate surface area is 173 Å². The molecule has 1 saturated heterocycles. The fourth-order valence-corrected chi connectivity index (χ4v) is 3.40. The first-order chi connectivity index (χ1) is 14.5. The van der Waals surface area contributed by atoms with E-state index >= 15 is 0 Å². The molecule has 1 aliphatic rings. The molecule has 30 heavy (non-hydrogen) atoms. The molecule has 0 saturated carbocycles. The van der Waals surface area contributed by atoms with Gasteiger partial charge in [-0.25, -0.2) is 0 Å². The lowest BCUT2D eigenvalue weighted by molar-refractivity contribution is -0.128. The van der Waals surface area contributed by atoms with Crippen molar-refractivity contribution in [2.45, 2.75) is 19.9 Å². The number of methoxy groups -OCH3 is 1. The molecule has 3 aromatic rings. The first kappa shape index (κ1) is 19.6. The van der Waals surface area contributed by atoms with E-state index in [1.165, 1.54) is 7.11 Å². The van der Waals surface area contributed by atoms with Crippen LogP contribution in [-0.2, 0) is 16.1 Å². The van der Waals surface area contributed by atoms with Gasteiger partial charge in [-0.3, -0.25) is 14.6 Å². The van der Waals surface area contributed by atoms with E-state index < -0.39 is 5.92 Å². The zero-order chi connectivity index (χ0) is 21.1. The second kappa shape index (κ2) is 8.32. The predicted molar refractivity (Wildman–Crippen MR) is 107 cm³/mol.